The highest BCUT2D eigenvalue weighted by Crippen LogP contribution is 2.26. The Morgan fingerprint density at radius 3 is 2.65 bits per heavy atom. The van der Waals surface area contributed by atoms with Crippen molar-refractivity contribution < 1.29 is 9.53 Å². The Kier molecular flexibility index (Phi) is 4.65. The van der Waals surface area contributed by atoms with E-state index in [0.29, 0.717) is 17.9 Å². The molecule has 20 heavy (non-hydrogen) atoms. The number of hydrogen-bond donors (Lipinski definition) is 0. The van der Waals surface area contributed by atoms with Crippen molar-refractivity contribution >= 4 is 37.6 Å². The van der Waals surface area contributed by atoms with Gasteiger partial charge in [0.25, 0.3) is 0 Å². The summed E-state index contributed by atoms with van der Waals surface area (Å²) < 4.78 is 9.34. The summed E-state index contributed by atoms with van der Waals surface area (Å²) in [6.07, 6.45) is 0. The largest absolute Gasteiger partial charge is 0.487 e. The molecular formula is C14H14Br2N2O2. The van der Waals surface area contributed by atoms with Crippen molar-refractivity contribution in [2.24, 2.45) is 7.05 Å². The number of Topliss-reactive ketones (excluding diaryl/α,β-unsaturated/α-hetero) is 1. The van der Waals surface area contributed by atoms with Crippen LogP contribution in [0.4, 0.5) is 0 Å². The quantitative estimate of drug-likeness (QED) is 0.726. The molecule has 6 heteroatoms. The van der Waals surface area contributed by atoms with Gasteiger partial charge in [-0.05, 0) is 48.0 Å². The maximum atomic E-state index is 11.6. The van der Waals surface area contributed by atoms with E-state index in [-0.39, 0.29) is 5.78 Å². The number of carbonyl (C=O) groups is 1. The van der Waals surface area contributed by atoms with Crippen LogP contribution < -0.4 is 4.74 Å². The molecule has 0 saturated carbocycles. The molecule has 0 unspecified atom stereocenters. The lowest BCUT2D eigenvalue weighted by atomic mass is 10.1. The molecule has 0 saturated heterocycles. The Morgan fingerprint density at radius 2 is 2.10 bits per heavy atom. The highest BCUT2D eigenvalue weighted by atomic mass is 79.9. The maximum absolute atomic E-state index is 11.6. The zero-order chi connectivity index (χ0) is 14.9. The number of hydrogen-bond acceptors (Lipinski definition) is 3. The first-order chi connectivity index (χ1) is 9.40. The lowest BCUT2D eigenvalue weighted by molar-refractivity contribution is 0.101. The van der Waals surface area contributed by atoms with Crippen LogP contribution in [0, 0.1) is 6.92 Å². The topological polar surface area (TPSA) is 44.1 Å². The van der Waals surface area contributed by atoms with E-state index in [9.17, 15) is 4.79 Å². The van der Waals surface area contributed by atoms with Crippen LogP contribution in [-0.4, -0.2) is 15.6 Å². The van der Waals surface area contributed by atoms with Crippen LogP contribution in [0.2, 0.25) is 0 Å². The molecule has 0 atom stereocenters. The van der Waals surface area contributed by atoms with Gasteiger partial charge in [-0.1, -0.05) is 15.9 Å². The monoisotopic (exact) mass is 400 g/mol. The Morgan fingerprint density at radius 1 is 1.40 bits per heavy atom. The summed E-state index contributed by atoms with van der Waals surface area (Å²) in [7, 11) is 1.86. The predicted octanol–water partition coefficient (Wildman–Crippen LogP) is 4.04. The van der Waals surface area contributed by atoms with E-state index >= 15 is 0 Å². The molecule has 0 aliphatic heterocycles. The second-order valence-corrected chi connectivity index (χ2v) is 6.16. The van der Waals surface area contributed by atoms with E-state index in [4.69, 9.17) is 4.74 Å². The molecule has 0 radical (unpaired) electrons. The number of halogens is 2. The standard InChI is InChI=1S/C14H14Br2N2O2/c1-8-14(16)12(18(3)17-8)7-20-13-5-4-10(15)6-11(13)9(2)19/h4-6H,7H2,1-3H3. The third-order valence-corrected chi connectivity index (χ3v) is 4.47. The molecule has 2 aromatic rings. The van der Waals surface area contributed by atoms with Crippen molar-refractivity contribution in [3.05, 3.63) is 44.1 Å². The minimum Gasteiger partial charge on any atom is -0.487 e. The van der Waals surface area contributed by atoms with Gasteiger partial charge < -0.3 is 4.74 Å². The number of carbonyl (C=O) groups excluding carboxylic acids is 1. The Balaban J connectivity index is 2.25. The molecular weight excluding hydrogens is 388 g/mol. The highest BCUT2D eigenvalue weighted by molar-refractivity contribution is 9.10. The molecule has 4 nitrogen and oxygen atoms in total. The summed E-state index contributed by atoms with van der Waals surface area (Å²) in [5.41, 5.74) is 2.41. The molecule has 1 aromatic carbocycles. The number of aryl methyl sites for hydroxylation is 2. The summed E-state index contributed by atoms with van der Waals surface area (Å²) in [5, 5.41) is 4.31. The lowest BCUT2D eigenvalue weighted by Crippen LogP contribution is -2.06. The van der Waals surface area contributed by atoms with E-state index in [2.05, 4.69) is 37.0 Å². The van der Waals surface area contributed by atoms with Gasteiger partial charge >= 0.3 is 0 Å². The average molecular weight is 402 g/mol. The molecule has 0 N–H and O–H groups in total. The summed E-state index contributed by atoms with van der Waals surface area (Å²) in [6, 6.07) is 5.41. The minimum atomic E-state index is -0.0263. The van der Waals surface area contributed by atoms with Crippen LogP contribution in [0.5, 0.6) is 5.75 Å². The van der Waals surface area contributed by atoms with Crippen molar-refractivity contribution in [1.82, 2.24) is 9.78 Å². The van der Waals surface area contributed by atoms with Crippen LogP contribution in [0.1, 0.15) is 28.7 Å². The highest BCUT2D eigenvalue weighted by Gasteiger charge is 2.14. The fraction of sp³-hybridized carbons (Fsp3) is 0.286. The van der Waals surface area contributed by atoms with Gasteiger partial charge in [-0.15, -0.1) is 0 Å². The lowest BCUT2D eigenvalue weighted by Gasteiger charge is -2.10. The zero-order valence-electron chi connectivity index (χ0n) is 11.4. The molecule has 0 aliphatic rings. The smallest absolute Gasteiger partial charge is 0.163 e. The fourth-order valence-electron chi connectivity index (χ4n) is 1.89. The summed E-state index contributed by atoms with van der Waals surface area (Å²) in [4.78, 5) is 11.6. The van der Waals surface area contributed by atoms with Gasteiger partial charge in [0.15, 0.2) is 5.78 Å². The Hall–Kier alpha value is -1.14. The number of ketones is 1. The van der Waals surface area contributed by atoms with Crippen LogP contribution in [0.15, 0.2) is 27.1 Å². The number of rotatable bonds is 4. The zero-order valence-corrected chi connectivity index (χ0v) is 14.6. The van der Waals surface area contributed by atoms with E-state index in [1.807, 2.05) is 20.0 Å². The SMILES string of the molecule is CC(=O)c1cc(Br)ccc1OCc1c(Br)c(C)nn1C. The molecule has 2 rings (SSSR count). The van der Waals surface area contributed by atoms with Gasteiger partial charge in [0.1, 0.15) is 12.4 Å². The number of benzene rings is 1. The van der Waals surface area contributed by atoms with E-state index < -0.39 is 0 Å². The van der Waals surface area contributed by atoms with E-state index in [1.165, 1.54) is 6.92 Å². The van der Waals surface area contributed by atoms with Gasteiger partial charge in [0.2, 0.25) is 0 Å². The number of aromatic nitrogens is 2. The van der Waals surface area contributed by atoms with Crippen LogP contribution in [0.3, 0.4) is 0 Å². The maximum Gasteiger partial charge on any atom is 0.163 e. The fourth-order valence-corrected chi connectivity index (χ4v) is 2.70. The van der Waals surface area contributed by atoms with E-state index in [1.54, 1.807) is 16.8 Å². The van der Waals surface area contributed by atoms with Crippen molar-refractivity contribution in [1.29, 1.82) is 0 Å². The molecule has 0 spiro atoms. The number of ether oxygens (including phenoxy) is 1. The van der Waals surface area contributed by atoms with E-state index in [0.717, 1.165) is 20.3 Å². The molecule has 1 heterocycles. The summed E-state index contributed by atoms with van der Waals surface area (Å²) >= 11 is 6.85. The first-order valence-electron chi connectivity index (χ1n) is 6.01. The van der Waals surface area contributed by atoms with Gasteiger partial charge in [0, 0.05) is 11.5 Å². The van der Waals surface area contributed by atoms with Crippen molar-refractivity contribution in [3.8, 4) is 5.75 Å². The Labute approximate surface area is 134 Å². The average Bonchev–Trinajstić information content (AvgIpc) is 2.62. The van der Waals surface area contributed by atoms with Gasteiger partial charge in [-0.3, -0.25) is 9.48 Å². The van der Waals surface area contributed by atoms with Crippen molar-refractivity contribution in [2.45, 2.75) is 20.5 Å². The molecule has 106 valence electrons. The molecule has 1 aromatic heterocycles. The van der Waals surface area contributed by atoms with Crippen LogP contribution in [-0.2, 0) is 13.7 Å². The molecule has 0 aliphatic carbocycles. The van der Waals surface area contributed by atoms with Gasteiger partial charge in [0.05, 0.1) is 21.4 Å². The number of nitrogens with zero attached hydrogens (tertiary/aromatic N) is 2. The van der Waals surface area contributed by atoms with Crippen LogP contribution >= 0.6 is 31.9 Å². The normalized spacial score (nSPS) is 10.7. The molecule has 0 bridgehead atoms. The first kappa shape index (κ1) is 15.3. The second-order valence-electron chi connectivity index (χ2n) is 4.46. The van der Waals surface area contributed by atoms with Gasteiger partial charge in [-0.25, -0.2) is 0 Å². The van der Waals surface area contributed by atoms with Gasteiger partial charge in [-0.2, -0.15) is 5.10 Å². The minimum absolute atomic E-state index is 0.0263. The second kappa shape index (κ2) is 6.10. The summed E-state index contributed by atoms with van der Waals surface area (Å²) in [5.74, 6) is 0.549. The van der Waals surface area contributed by atoms with Crippen molar-refractivity contribution in [2.75, 3.05) is 0 Å². The third-order valence-electron chi connectivity index (χ3n) is 2.95. The van der Waals surface area contributed by atoms with Crippen molar-refractivity contribution in [3.63, 3.8) is 0 Å². The summed E-state index contributed by atoms with van der Waals surface area (Å²) in [6.45, 7) is 3.80. The van der Waals surface area contributed by atoms with Crippen LogP contribution in [0.25, 0.3) is 0 Å². The third kappa shape index (κ3) is 3.12. The Bertz CT molecular complexity index is 665. The predicted molar refractivity (Wildman–Crippen MR) is 84.1 cm³/mol. The molecule has 0 fully saturated rings. The molecule has 0 amide bonds. The first-order valence-corrected chi connectivity index (χ1v) is 7.60.